The van der Waals surface area contributed by atoms with E-state index in [0.29, 0.717) is 30.6 Å². The summed E-state index contributed by atoms with van der Waals surface area (Å²) in [7, 11) is 0. The van der Waals surface area contributed by atoms with Crippen molar-refractivity contribution in [1.82, 2.24) is 14.4 Å². The van der Waals surface area contributed by atoms with Crippen LogP contribution in [0.2, 0.25) is 0 Å². The molecule has 7 nitrogen and oxygen atoms in total. The topological polar surface area (TPSA) is 72.0 Å². The van der Waals surface area contributed by atoms with Crippen molar-refractivity contribution in [3.8, 4) is 16.9 Å². The zero-order valence-electron chi connectivity index (χ0n) is 18.9. The fourth-order valence-electron chi connectivity index (χ4n) is 4.59. The van der Waals surface area contributed by atoms with Crippen LogP contribution in [0.4, 0.5) is 0 Å². The van der Waals surface area contributed by atoms with Crippen molar-refractivity contribution in [2.75, 3.05) is 32.5 Å². The highest BCUT2D eigenvalue weighted by Gasteiger charge is 2.21. The maximum atomic E-state index is 12.6. The SMILES string of the molecule is CSN1CCC(COc2coc(CN3CCc4cc(-c5cnoc5)ccc4C3)cc2=O)CC1. The third-order valence-electron chi connectivity index (χ3n) is 6.60. The second kappa shape index (κ2) is 10.2. The highest BCUT2D eigenvalue weighted by atomic mass is 32.2. The minimum absolute atomic E-state index is 0.103. The highest BCUT2D eigenvalue weighted by Crippen LogP contribution is 2.27. The maximum absolute atomic E-state index is 12.6. The Morgan fingerprint density at radius 1 is 1.12 bits per heavy atom. The van der Waals surface area contributed by atoms with E-state index in [1.54, 1.807) is 30.5 Å². The van der Waals surface area contributed by atoms with E-state index in [2.05, 4.69) is 38.8 Å². The number of hydrogen-bond acceptors (Lipinski definition) is 8. The van der Waals surface area contributed by atoms with Crippen molar-refractivity contribution in [2.45, 2.75) is 32.4 Å². The van der Waals surface area contributed by atoms with Crippen LogP contribution in [0.25, 0.3) is 11.1 Å². The van der Waals surface area contributed by atoms with Crippen LogP contribution >= 0.6 is 11.9 Å². The van der Waals surface area contributed by atoms with Gasteiger partial charge in [-0.3, -0.25) is 14.0 Å². The summed E-state index contributed by atoms with van der Waals surface area (Å²) in [4.78, 5) is 14.9. The molecule has 0 aliphatic carbocycles. The van der Waals surface area contributed by atoms with E-state index in [0.717, 1.165) is 56.6 Å². The van der Waals surface area contributed by atoms with Crippen LogP contribution in [-0.4, -0.2) is 46.9 Å². The molecule has 1 saturated heterocycles. The molecule has 174 valence electrons. The van der Waals surface area contributed by atoms with Crippen LogP contribution in [0.15, 0.2) is 56.7 Å². The largest absolute Gasteiger partial charge is 0.486 e. The molecule has 5 rings (SSSR count). The minimum atomic E-state index is -0.103. The van der Waals surface area contributed by atoms with Gasteiger partial charge in [-0.1, -0.05) is 35.3 Å². The summed E-state index contributed by atoms with van der Waals surface area (Å²) < 4.78 is 18.9. The first-order valence-electron chi connectivity index (χ1n) is 11.5. The van der Waals surface area contributed by atoms with E-state index < -0.39 is 0 Å². The fraction of sp³-hybridized carbons (Fsp3) is 0.440. The summed E-state index contributed by atoms with van der Waals surface area (Å²) in [5.74, 6) is 1.48. The lowest BCUT2D eigenvalue weighted by molar-refractivity contribution is 0.184. The first-order chi connectivity index (χ1) is 16.2. The zero-order valence-corrected chi connectivity index (χ0v) is 19.7. The van der Waals surface area contributed by atoms with Crippen molar-refractivity contribution >= 4 is 11.9 Å². The second-order valence-electron chi connectivity index (χ2n) is 8.80. The zero-order chi connectivity index (χ0) is 22.6. The smallest absolute Gasteiger partial charge is 0.227 e. The average molecular weight is 468 g/mol. The Balaban J connectivity index is 1.16. The molecule has 0 unspecified atom stereocenters. The predicted molar refractivity (Wildman–Crippen MR) is 128 cm³/mol. The van der Waals surface area contributed by atoms with E-state index in [1.807, 2.05) is 0 Å². The van der Waals surface area contributed by atoms with Gasteiger partial charge in [0.2, 0.25) is 11.2 Å². The Hall–Kier alpha value is -2.55. The molecule has 8 heteroatoms. The molecule has 0 radical (unpaired) electrons. The summed E-state index contributed by atoms with van der Waals surface area (Å²) in [6, 6.07) is 8.07. The first-order valence-corrected chi connectivity index (χ1v) is 12.6. The number of benzene rings is 1. The summed E-state index contributed by atoms with van der Waals surface area (Å²) in [5.41, 5.74) is 4.66. The number of rotatable bonds is 7. The number of aromatic nitrogens is 1. The molecule has 33 heavy (non-hydrogen) atoms. The molecule has 0 bridgehead atoms. The van der Waals surface area contributed by atoms with Gasteiger partial charge in [0.25, 0.3) is 0 Å². The van der Waals surface area contributed by atoms with Gasteiger partial charge in [-0.15, -0.1) is 0 Å². The third-order valence-corrected chi connectivity index (χ3v) is 7.48. The fourth-order valence-corrected chi connectivity index (χ4v) is 5.16. The molecule has 3 aromatic rings. The van der Waals surface area contributed by atoms with Gasteiger partial charge in [-0.2, -0.15) is 0 Å². The molecule has 0 spiro atoms. The molecule has 2 aliphatic heterocycles. The number of piperidine rings is 1. The Bertz CT molecular complexity index is 1120. The first kappa shape index (κ1) is 22.3. The van der Waals surface area contributed by atoms with Crippen LogP contribution in [-0.2, 0) is 19.5 Å². The second-order valence-corrected chi connectivity index (χ2v) is 9.68. The van der Waals surface area contributed by atoms with E-state index >= 15 is 0 Å². The van der Waals surface area contributed by atoms with Crippen LogP contribution in [0.5, 0.6) is 5.75 Å². The van der Waals surface area contributed by atoms with Crippen molar-refractivity contribution in [2.24, 2.45) is 5.92 Å². The molecule has 0 N–H and O–H groups in total. The molecule has 2 aromatic heterocycles. The van der Waals surface area contributed by atoms with Crippen molar-refractivity contribution in [3.05, 3.63) is 70.1 Å². The molecular weight excluding hydrogens is 438 g/mol. The Labute approximate surface area is 197 Å². The Morgan fingerprint density at radius 2 is 2.00 bits per heavy atom. The lowest BCUT2D eigenvalue weighted by Gasteiger charge is -2.29. The monoisotopic (exact) mass is 467 g/mol. The van der Waals surface area contributed by atoms with Crippen LogP contribution in [0, 0.1) is 5.92 Å². The van der Waals surface area contributed by atoms with Gasteiger partial charge in [0.05, 0.1) is 19.3 Å². The van der Waals surface area contributed by atoms with Gasteiger partial charge in [-0.05, 0) is 48.1 Å². The highest BCUT2D eigenvalue weighted by molar-refractivity contribution is 7.96. The average Bonchev–Trinajstić information content (AvgIpc) is 3.39. The van der Waals surface area contributed by atoms with Gasteiger partial charge in [0.1, 0.15) is 18.3 Å². The normalized spacial score (nSPS) is 17.7. The van der Waals surface area contributed by atoms with Gasteiger partial charge < -0.3 is 13.7 Å². The van der Waals surface area contributed by atoms with Crippen LogP contribution < -0.4 is 10.2 Å². The minimum Gasteiger partial charge on any atom is -0.486 e. The van der Waals surface area contributed by atoms with Gasteiger partial charge in [0.15, 0.2) is 0 Å². The quantitative estimate of drug-likeness (QED) is 0.478. The van der Waals surface area contributed by atoms with E-state index in [9.17, 15) is 4.79 Å². The van der Waals surface area contributed by atoms with Gasteiger partial charge in [-0.25, -0.2) is 0 Å². The Kier molecular flexibility index (Phi) is 6.85. The van der Waals surface area contributed by atoms with Gasteiger partial charge >= 0.3 is 0 Å². The third kappa shape index (κ3) is 5.34. The van der Waals surface area contributed by atoms with Crippen molar-refractivity contribution in [3.63, 3.8) is 0 Å². The molecule has 0 atom stereocenters. The molecule has 2 aliphatic rings. The maximum Gasteiger partial charge on any atom is 0.227 e. The lowest BCUT2D eigenvalue weighted by Crippen LogP contribution is -2.31. The summed E-state index contributed by atoms with van der Waals surface area (Å²) in [6.07, 6.45) is 10.2. The Morgan fingerprint density at radius 3 is 2.76 bits per heavy atom. The summed E-state index contributed by atoms with van der Waals surface area (Å²) >= 11 is 1.79. The van der Waals surface area contributed by atoms with E-state index in [4.69, 9.17) is 13.7 Å². The number of fused-ring (bicyclic) bond motifs is 1. The van der Waals surface area contributed by atoms with Gasteiger partial charge in [0, 0.05) is 37.8 Å². The molecule has 4 heterocycles. The standard InChI is InChI=1S/C25H29N3O4S/c1-33-28-8-4-18(5-9-28)15-31-25-17-30-23(11-24(25)29)14-27-7-6-20-10-19(2-3-21(20)13-27)22-12-26-32-16-22/h2-3,10-12,16-18H,4-9,13-15H2,1H3. The molecule has 1 aromatic carbocycles. The summed E-state index contributed by atoms with van der Waals surface area (Å²) in [6.45, 7) is 5.07. The number of hydrogen-bond donors (Lipinski definition) is 0. The molecule has 0 saturated carbocycles. The van der Waals surface area contributed by atoms with E-state index in [-0.39, 0.29) is 5.43 Å². The van der Waals surface area contributed by atoms with Crippen molar-refractivity contribution in [1.29, 1.82) is 0 Å². The predicted octanol–water partition coefficient (Wildman–Crippen LogP) is 4.22. The molecule has 1 fully saturated rings. The number of nitrogens with zero attached hydrogens (tertiary/aromatic N) is 3. The molecule has 0 amide bonds. The van der Waals surface area contributed by atoms with Crippen LogP contribution in [0.1, 0.15) is 29.7 Å². The lowest BCUT2D eigenvalue weighted by atomic mass is 9.95. The number of ether oxygens (including phenoxy) is 1. The van der Waals surface area contributed by atoms with Crippen LogP contribution in [0.3, 0.4) is 0 Å². The summed E-state index contributed by atoms with van der Waals surface area (Å²) in [5, 5.41) is 3.79. The molecular formula is C25H29N3O4S. The van der Waals surface area contributed by atoms with E-state index in [1.165, 1.54) is 17.4 Å². The van der Waals surface area contributed by atoms with Crippen molar-refractivity contribution < 1.29 is 13.7 Å².